The second-order valence-corrected chi connectivity index (χ2v) is 18.9. The number of rotatable bonds is 12. The molecule has 0 radical (unpaired) electrons. The van der Waals surface area contributed by atoms with Gasteiger partial charge in [-0.2, -0.15) is 5.10 Å². The van der Waals surface area contributed by atoms with Gasteiger partial charge >= 0.3 is 5.97 Å². The first-order valence-electron chi connectivity index (χ1n) is 22.7. The minimum atomic E-state index is -1.12. The lowest BCUT2D eigenvalue weighted by Crippen LogP contribution is -2.54. The number of aromatic nitrogens is 3. The SMILES string of the molecule is Cc1nn(C)c(C)c1-c1c(Cl)ccc2c(CCCOc3cccc4cc(F)ccc34)c(C(=O)OC(C)(C)C)n(CCN3CCN(c4cccc5c4C(=O)N(C4CCC(=O)NC4=O)C5=O)CC3=O)c12. The Morgan fingerprint density at radius 2 is 1.68 bits per heavy atom. The number of carbonyl (C=O) groups excluding carboxylic acids is 6. The van der Waals surface area contributed by atoms with Crippen LogP contribution in [-0.2, 0) is 39.1 Å². The summed E-state index contributed by atoms with van der Waals surface area (Å²) in [5, 5.41) is 9.68. The minimum absolute atomic E-state index is 0.00398. The number of piperazine rings is 1. The predicted octanol–water partition coefficient (Wildman–Crippen LogP) is 7.32. The molecule has 1 atom stereocenters. The van der Waals surface area contributed by atoms with Gasteiger partial charge in [-0.25, -0.2) is 9.18 Å². The molecule has 2 saturated heterocycles. The Balaban J connectivity index is 1.03. The number of hydrogen-bond acceptors (Lipinski definition) is 10. The molecule has 5 amide bonds. The first-order valence-corrected chi connectivity index (χ1v) is 23.1. The smallest absolute Gasteiger partial charge is 0.355 e. The number of aryl methyl sites for hydroxylation is 3. The number of nitrogens with zero attached hydrogens (tertiary/aromatic N) is 6. The topological polar surface area (TPSA) is 165 Å². The predicted molar refractivity (Wildman–Crippen MR) is 253 cm³/mol. The summed E-state index contributed by atoms with van der Waals surface area (Å²) < 4.78 is 30.2. The molecule has 0 spiro atoms. The molecule has 5 heterocycles. The van der Waals surface area contributed by atoms with Crippen molar-refractivity contribution < 1.29 is 42.6 Å². The third-order valence-corrected chi connectivity index (χ3v) is 13.3. The van der Waals surface area contributed by atoms with Crippen molar-refractivity contribution in [2.24, 2.45) is 7.05 Å². The van der Waals surface area contributed by atoms with Crippen molar-refractivity contribution in [3.05, 3.63) is 111 Å². The Morgan fingerprint density at radius 1 is 0.912 bits per heavy atom. The molecular weight excluding hydrogens is 893 g/mol. The number of piperidine rings is 1. The summed E-state index contributed by atoms with van der Waals surface area (Å²) in [6.45, 7) is 10.4. The minimum Gasteiger partial charge on any atom is -0.493 e. The molecule has 3 aliphatic heterocycles. The number of esters is 1. The lowest BCUT2D eigenvalue weighted by Gasteiger charge is -2.36. The monoisotopic (exact) mass is 943 g/mol. The van der Waals surface area contributed by atoms with Gasteiger partial charge in [0.15, 0.2) is 0 Å². The highest BCUT2D eigenvalue weighted by atomic mass is 35.5. The van der Waals surface area contributed by atoms with Gasteiger partial charge in [-0.05, 0) is 107 Å². The van der Waals surface area contributed by atoms with Crippen LogP contribution in [0.25, 0.3) is 32.8 Å². The van der Waals surface area contributed by atoms with Gasteiger partial charge in [0.2, 0.25) is 17.7 Å². The molecule has 68 heavy (non-hydrogen) atoms. The summed E-state index contributed by atoms with van der Waals surface area (Å²) in [7, 11) is 1.86. The van der Waals surface area contributed by atoms with E-state index in [9.17, 15) is 33.2 Å². The van der Waals surface area contributed by atoms with Crippen molar-refractivity contribution >= 4 is 74.5 Å². The van der Waals surface area contributed by atoms with Crippen LogP contribution in [0.1, 0.15) is 88.2 Å². The lowest BCUT2D eigenvalue weighted by atomic mass is 9.98. The Hall–Kier alpha value is -7.07. The number of carbonyl (C=O) groups is 6. The lowest BCUT2D eigenvalue weighted by molar-refractivity contribution is -0.136. The van der Waals surface area contributed by atoms with E-state index in [2.05, 4.69) is 5.32 Å². The number of fused-ring (bicyclic) bond motifs is 3. The molecule has 4 aromatic carbocycles. The van der Waals surface area contributed by atoms with Gasteiger partial charge < -0.3 is 23.8 Å². The molecular formula is C51H51ClFN7O8. The molecule has 17 heteroatoms. The van der Waals surface area contributed by atoms with Gasteiger partial charge in [0.1, 0.15) is 28.9 Å². The number of hydrogen-bond donors (Lipinski definition) is 1. The van der Waals surface area contributed by atoms with Crippen LogP contribution in [0.15, 0.2) is 66.7 Å². The number of amides is 5. The van der Waals surface area contributed by atoms with E-state index < -0.39 is 41.2 Å². The van der Waals surface area contributed by atoms with Crippen molar-refractivity contribution in [3.8, 4) is 16.9 Å². The summed E-state index contributed by atoms with van der Waals surface area (Å²) in [4.78, 5) is 85.4. The Morgan fingerprint density at radius 3 is 2.40 bits per heavy atom. The third kappa shape index (κ3) is 8.35. The Kier molecular flexibility index (Phi) is 12.1. The Labute approximate surface area is 396 Å². The first kappa shape index (κ1) is 46.1. The van der Waals surface area contributed by atoms with Crippen molar-refractivity contribution in [2.45, 2.75) is 78.5 Å². The number of imide groups is 2. The molecule has 1 unspecified atom stereocenters. The van der Waals surface area contributed by atoms with E-state index >= 15 is 0 Å². The summed E-state index contributed by atoms with van der Waals surface area (Å²) in [5.41, 5.74) is 4.67. The van der Waals surface area contributed by atoms with Crippen molar-refractivity contribution in [3.63, 3.8) is 0 Å². The first-order chi connectivity index (χ1) is 32.4. The average Bonchev–Trinajstić information content (AvgIpc) is 3.84. The second kappa shape index (κ2) is 17.9. The third-order valence-electron chi connectivity index (χ3n) is 13.0. The van der Waals surface area contributed by atoms with Crippen molar-refractivity contribution in [2.75, 3.05) is 37.7 Å². The van der Waals surface area contributed by atoms with Crippen molar-refractivity contribution in [1.82, 2.24) is 29.5 Å². The fourth-order valence-electron chi connectivity index (χ4n) is 9.82. The van der Waals surface area contributed by atoms with Crippen LogP contribution < -0.4 is 15.0 Å². The van der Waals surface area contributed by atoms with Gasteiger partial charge in [0, 0.05) is 67.2 Å². The van der Waals surface area contributed by atoms with Crippen LogP contribution in [0.2, 0.25) is 5.02 Å². The van der Waals surface area contributed by atoms with Crippen LogP contribution in [0, 0.1) is 19.7 Å². The fourth-order valence-corrected chi connectivity index (χ4v) is 10.1. The highest BCUT2D eigenvalue weighted by molar-refractivity contribution is 6.35. The molecule has 3 aliphatic rings. The summed E-state index contributed by atoms with van der Waals surface area (Å²) in [6.07, 6.45) is 0.926. The van der Waals surface area contributed by atoms with Gasteiger partial charge in [-0.15, -0.1) is 0 Å². The molecule has 0 saturated carbocycles. The standard InChI is InChI=1S/C51H51ClFN7O8/c1-28-42(29(2)56(6)55-28)44-36(52)18-17-34-33(12-9-25-67-39-14-7-10-30-26-31(53)15-16-32(30)39)46(50(66)68-51(3,4)5)59(45(34)44)24-23-57-21-22-58(27-41(57)62)37-13-8-11-35-43(37)49(65)60(48(35)64)38-19-20-40(61)54-47(38)63/h7-8,10-11,13-18,26,38H,9,12,19-25,27H2,1-6H3,(H,54,61,63). The van der Waals surface area contributed by atoms with Gasteiger partial charge in [0.05, 0.1) is 46.2 Å². The number of halogens is 2. The zero-order valence-electron chi connectivity index (χ0n) is 38.7. The molecule has 9 rings (SSSR count). The largest absolute Gasteiger partial charge is 0.493 e. The van der Waals surface area contributed by atoms with Crippen LogP contribution in [-0.4, -0.2) is 104 Å². The zero-order valence-corrected chi connectivity index (χ0v) is 39.5. The van der Waals surface area contributed by atoms with E-state index in [-0.39, 0.29) is 68.5 Å². The molecule has 352 valence electrons. The fraction of sp³-hybridized carbons (Fsp3) is 0.353. The van der Waals surface area contributed by atoms with E-state index in [4.69, 9.17) is 26.2 Å². The zero-order chi connectivity index (χ0) is 48.3. The summed E-state index contributed by atoms with van der Waals surface area (Å²) in [5.74, 6) is -2.95. The van der Waals surface area contributed by atoms with Crippen LogP contribution in [0.5, 0.6) is 5.75 Å². The normalized spacial score (nSPS) is 16.6. The summed E-state index contributed by atoms with van der Waals surface area (Å²) in [6, 6.07) is 17.5. The average molecular weight is 944 g/mol. The van der Waals surface area contributed by atoms with Gasteiger partial charge in [-0.1, -0.05) is 35.9 Å². The number of nitrogens with one attached hydrogen (secondary N) is 1. The molecule has 1 N–H and O–H groups in total. The van der Waals surface area contributed by atoms with Crippen LogP contribution in [0.4, 0.5) is 10.1 Å². The molecule has 6 aromatic rings. The summed E-state index contributed by atoms with van der Waals surface area (Å²) >= 11 is 7.17. The highest BCUT2D eigenvalue weighted by Crippen LogP contribution is 2.43. The van der Waals surface area contributed by atoms with E-state index in [0.29, 0.717) is 52.6 Å². The maximum absolute atomic E-state index is 14.7. The van der Waals surface area contributed by atoms with Crippen molar-refractivity contribution in [1.29, 1.82) is 0 Å². The van der Waals surface area contributed by atoms with Crippen LogP contribution >= 0.6 is 11.6 Å². The Bertz CT molecular complexity index is 3120. The molecule has 0 bridgehead atoms. The molecule has 15 nitrogen and oxygen atoms in total. The van der Waals surface area contributed by atoms with E-state index in [1.165, 1.54) is 18.2 Å². The number of benzene rings is 4. The van der Waals surface area contributed by atoms with Gasteiger partial charge in [-0.3, -0.25) is 38.9 Å². The quantitative estimate of drug-likeness (QED) is 0.0747. The number of ether oxygens (including phenoxy) is 2. The number of anilines is 1. The maximum Gasteiger partial charge on any atom is 0.355 e. The molecule has 0 aliphatic carbocycles. The second-order valence-electron chi connectivity index (χ2n) is 18.5. The van der Waals surface area contributed by atoms with E-state index in [1.54, 1.807) is 32.7 Å². The molecule has 2 aromatic heterocycles. The van der Waals surface area contributed by atoms with E-state index in [1.807, 2.05) is 76.6 Å². The van der Waals surface area contributed by atoms with Crippen LogP contribution in [0.3, 0.4) is 0 Å². The highest BCUT2D eigenvalue weighted by Gasteiger charge is 2.46. The maximum atomic E-state index is 14.7. The molecule has 2 fully saturated rings. The van der Waals surface area contributed by atoms with E-state index in [0.717, 1.165) is 43.6 Å². The van der Waals surface area contributed by atoms with Gasteiger partial charge in [0.25, 0.3) is 11.8 Å².